The van der Waals surface area contributed by atoms with Crippen molar-refractivity contribution >= 4 is 22.5 Å². The number of rotatable bonds is 5. The average molecular weight is 513 g/mol. The van der Waals surface area contributed by atoms with Crippen LogP contribution in [0.3, 0.4) is 0 Å². The molecular formula is C27H31F3N6O. The Morgan fingerprint density at radius 1 is 1.22 bits per heavy atom. The Morgan fingerprint density at radius 3 is 2.59 bits per heavy atom. The van der Waals surface area contributed by atoms with Gasteiger partial charge in [-0.25, -0.2) is 9.50 Å². The zero-order valence-electron chi connectivity index (χ0n) is 21.4. The molecule has 5 rings (SSSR count). The number of aromatic nitrogens is 4. The zero-order valence-corrected chi connectivity index (χ0v) is 21.4. The quantitative estimate of drug-likeness (QED) is 0.383. The molecule has 1 saturated heterocycles. The first-order valence-electron chi connectivity index (χ1n) is 12.6. The molecule has 0 atom stereocenters. The van der Waals surface area contributed by atoms with Crippen molar-refractivity contribution in [2.24, 2.45) is 0 Å². The van der Waals surface area contributed by atoms with E-state index in [0.29, 0.717) is 18.0 Å². The Labute approximate surface area is 213 Å². The fraction of sp³-hybridized carbons (Fsp3) is 0.444. The number of benzene rings is 1. The van der Waals surface area contributed by atoms with Crippen molar-refractivity contribution in [2.45, 2.75) is 51.6 Å². The number of alkyl halides is 3. The van der Waals surface area contributed by atoms with Crippen molar-refractivity contribution in [3.8, 4) is 11.3 Å². The van der Waals surface area contributed by atoms with Crippen LogP contribution in [0.2, 0.25) is 0 Å². The number of nitrogens with one attached hydrogen (secondary N) is 2. The topological polar surface area (TPSA) is 78.3 Å². The fourth-order valence-corrected chi connectivity index (χ4v) is 5.44. The predicted octanol–water partition coefficient (Wildman–Crippen LogP) is 5.25. The maximum atomic E-state index is 13.2. The Balaban J connectivity index is 1.51. The summed E-state index contributed by atoms with van der Waals surface area (Å²) in [7, 11) is 1.78. The molecule has 0 bridgehead atoms. The Kier molecular flexibility index (Phi) is 6.47. The highest BCUT2D eigenvalue weighted by molar-refractivity contribution is 5.92. The number of hydrogen-bond donors (Lipinski definition) is 2. The van der Waals surface area contributed by atoms with Crippen molar-refractivity contribution in [2.75, 3.05) is 26.7 Å². The SMILES string of the molecule is CNCC(=O)N1CCC(c2ccc3[nH]c(-c4cc(C)c5nc(C(F)(F)F)nn5c4)c(C(C)C)c3c2)CC1. The first kappa shape index (κ1) is 25.3. The number of hydrogen-bond acceptors (Lipinski definition) is 4. The van der Waals surface area contributed by atoms with E-state index in [4.69, 9.17) is 0 Å². The van der Waals surface area contributed by atoms with Gasteiger partial charge in [-0.1, -0.05) is 19.9 Å². The van der Waals surface area contributed by atoms with Crippen LogP contribution in [0.4, 0.5) is 13.2 Å². The van der Waals surface area contributed by atoms with Gasteiger partial charge in [0.15, 0.2) is 5.65 Å². The molecule has 3 aromatic heterocycles. The van der Waals surface area contributed by atoms with Crippen LogP contribution < -0.4 is 5.32 Å². The van der Waals surface area contributed by atoms with E-state index < -0.39 is 12.0 Å². The summed E-state index contributed by atoms with van der Waals surface area (Å²) >= 11 is 0. The Bertz CT molecular complexity index is 1460. The summed E-state index contributed by atoms with van der Waals surface area (Å²) in [5.41, 5.74) is 5.81. The van der Waals surface area contributed by atoms with Crippen LogP contribution in [-0.4, -0.2) is 57.1 Å². The minimum absolute atomic E-state index is 0.135. The molecule has 1 aliphatic rings. The lowest BCUT2D eigenvalue weighted by atomic mass is 9.87. The van der Waals surface area contributed by atoms with E-state index in [1.54, 1.807) is 20.2 Å². The van der Waals surface area contributed by atoms with Crippen LogP contribution in [0.25, 0.3) is 27.8 Å². The lowest BCUT2D eigenvalue weighted by molar-refractivity contribution is -0.144. The number of amides is 1. The molecule has 196 valence electrons. The van der Waals surface area contributed by atoms with Crippen molar-refractivity contribution in [1.82, 2.24) is 29.8 Å². The van der Waals surface area contributed by atoms with Crippen LogP contribution in [0.5, 0.6) is 0 Å². The van der Waals surface area contributed by atoms with Gasteiger partial charge in [-0.15, -0.1) is 5.10 Å². The van der Waals surface area contributed by atoms with Crippen LogP contribution >= 0.6 is 0 Å². The van der Waals surface area contributed by atoms with Crippen molar-refractivity contribution in [3.63, 3.8) is 0 Å². The molecule has 4 aromatic rings. The number of carbonyl (C=O) groups excluding carboxylic acids is 1. The average Bonchev–Trinajstić information content (AvgIpc) is 3.46. The lowest BCUT2D eigenvalue weighted by Crippen LogP contribution is -2.41. The van der Waals surface area contributed by atoms with Gasteiger partial charge < -0.3 is 15.2 Å². The van der Waals surface area contributed by atoms with Gasteiger partial charge in [-0.2, -0.15) is 13.2 Å². The van der Waals surface area contributed by atoms with Crippen LogP contribution in [-0.2, 0) is 11.0 Å². The maximum absolute atomic E-state index is 13.2. The lowest BCUT2D eigenvalue weighted by Gasteiger charge is -2.32. The molecular weight excluding hydrogens is 481 g/mol. The zero-order chi connectivity index (χ0) is 26.5. The molecule has 0 radical (unpaired) electrons. The van der Waals surface area contributed by atoms with E-state index >= 15 is 0 Å². The standard InChI is InChI=1S/C27H31F3N6O/c1-15(2)23-20-12-18(17-7-9-35(10-8-17)22(37)13-31-4)5-6-21(20)32-24(23)19-11-16(3)25-33-26(27(28,29)30)34-36(25)14-19/h5-6,11-12,14-15,17,31-32H,7-10,13H2,1-4H3. The van der Waals surface area contributed by atoms with Crippen molar-refractivity contribution < 1.29 is 18.0 Å². The number of halogens is 3. The summed E-state index contributed by atoms with van der Waals surface area (Å²) in [6, 6.07) is 8.33. The van der Waals surface area contributed by atoms with Gasteiger partial charge in [-0.05, 0) is 73.5 Å². The molecule has 37 heavy (non-hydrogen) atoms. The van der Waals surface area contributed by atoms with Gasteiger partial charge in [0, 0.05) is 35.8 Å². The maximum Gasteiger partial charge on any atom is 0.453 e. The minimum atomic E-state index is -4.60. The summed E-state index contributed by atoms with van der Waals surface area (Å²) < 4.78 is 40.9. The highest BCUT2D eigenvalue weighted by atomic mass is 19.4. The number of piperidine rings is 1. The van der Waals surface area contributed by atoms with Gasteiger partial charge in [0.1, 0.15) is 0 Å². The smallest absolute Gasteiger partial charge is 0.354 e. The molecule has 1 fully saturated rings. The number of pyridine rings is 1. The number of likely N-dealkylation sites (tertiary alicyclic amines) is 1. The molecule has 1 aromatic carbocycles. The molecule has 2 N–H and O–H groups in total. The first-order valence-corrected chi connectivity index (χ1v) is 12.6. The summed E-state index contributed by atoms with van der Waals surface area (Å²) in [6.45, 7) is 7.83. The van der Waals surface area contributed by atoms with Gasteiger partial charge in [0.25, 0.3) is 5.82 Å². The number of H-pyrrole nitrogens is 1. The van der Waals surface area contributed by atoms with E-state index in [9.17, 15) is 18.0 Å². The van der Waals surface area contributed by atoms with E-state index in [1.165, 1.54) is 10.1 Å². The Morgan fingerprint density at radius 2 is 1.95 bits per heavy atom. The minimum Gasteiger partial charge on any atom is -0.354 e. The molecule has 7 nitrogen and oxygen atoms in total. The van der Waals surface area contributed by atoms with E-state index in [1.807, 2.05) is 11.0 Å². The number of aryl methyl sites for hydroxylation is 1. The molecule has 0 unspecified atom stereocenters. The third kappa shape index (κ3) is 4.70. The normalized spacial score (nSPS) is 15.4. The highest BCUT2D eigenvalue weighted by Crippen LogP contribution is 2.39. The third-order valence-corrected chi connectivity index (χ3v) is 7.25. The molecule has 0 saturated carbocycles. The molecule has 1 amide bonds. The summed E-state index contributed by atoms with van der Waals surface area (Å²) in [5.74, 6) is -0.457. The van der Waals surface area contributed by atoms with Crippen molar-refractivity contribution in [3.05, 3.63) is 53.0 Å². The van der Waals surface area contributed by atoms with E-state index in [0.717, 1.165) is 53.7 Å². The fourth-order valence-electron chi connectivity index (χ4n) is 5.44. The summed E-state index contributed by atoms with van der Waals surface area (Å²) in [4.78, 5) is 21.4. The van der Waals surface area contributed by atoms with E-state index in [-0.39, 0.29) is 17.5 Å². The number of fused-ring (bicyclic) bond motifs is 2. The van der Waals surface area contributed by atoms with E-state index in [2.05, 4.69) is 52.4 Å². The van der Waals surface area contributed by atoms with Gasteiger partial charge in [-0.3, -0.25) is 4.79 Å². The molecule has 1 aliphatic heterocycles. The van der Waals surface area contributed by atoms with Crippen LogP contribution in [0.1, 0.15) is 61.0 Å². The number of aromatic amines is 1. The largest absolute Gasteiger partial charge is 0.453 e. The number of likely N-dealkylation sites (N-methyl/N-ethyl adjacent to an activating group) is 1. The van der Waals surface area contributed by atoms with Crippen LogP contribution in [0.15, 0.2) is 30.5 Å². The number of carbonyl (C=O) groups is 1. The number of nitrogens with zero attached hydrogens (tertiary/aromatic N) is 4. The molecule has 0 spiro atoms. The van der Waals surface area contributed by atoms with Crippen LogP contribution in [0, 0.1) is 6.92 Å². The second-order valence-corrected chi connectivity index (χ2v) is 10.2. The summed E-state index contributed by atoms with van der Waals surface area (Å²) in [6.07, 6.45) is -1.16. The highest BCUT2D eigenvalue weighted by Gasteiger charge is 2.36. The summed E-state index contributed by atoms with van der Waals surface area (Å²) in [5, 5.41) is 7.74. The van der Waals surface area contributed by atoms with Crippen molar-refractivity contribution in [1.29, 1.82) is 0 Å². The van der Waals surface area contributed by atoms with Gasteiger partial charge >= 0.3 is 6.18 Å². The third-order valence-electron chi connectivity index (χ3n) is 7.25. The molecule has 4 heterocycles. The van der Waals surface area contributed by atoms with Gasteiger partial charge in [0.2, 0.25) is 5.91 Å². The molecule has 10 heteroatoms. The monoisotopic (exact) mass is 512 g/mol. The first-order chi connectivity index (χ1) is 17.6. The second-order valence-electron chi connectivity index (χ2n) is 10.2. The second kappa shape index (κ2) is 9.48. The molecule has 0 aliphatic carbocycles. The van der Waals surface area contributed by atoms with Gasteiger partial charge in [0.05, 0.1) is 12.2 Å². The Hall–Kier alpha value is -3.40. The predicted molar refractivity (Wildman–Crippen MR) is 137 cm³/mol.